The normalized spacial score (nSPS) is 15.7. The number of anilines is 1. The van der Waals surface area contributed by atoms with E-state index < -0.39 is 0 Å². The van der Waals surface area contributed by atoms with Gasteiger partial charge in [0, 0.05) is 31.9 Å². The Morgan fingerprint density at radius 3 is 2.94 bits per heavy atom. The van der Waals surface area contributed by atoms with Gasteiger partial charge in [-0.05, 0) is 37.0 Å². The third kappa shape index (κ3) is 3.41. The lowest BCUT2D eigenvalue weighted by Crippen LogP contribution is -2.40. The molecule has 1 aliphatic carbocycles. The number of rotatable bonds is 7. The van der Waals surface area contributed by atoms with Crippen LogP contribution in [0.15, 0.2) is 18.3 Å². The molecule has 0 saturated heterocycles. The summed E-state index contributed by atoms with van der Waals surface area (Å²) in [4.78, 5) is 6.57. The summed E-state index contributed by atoms with van der Waals surface area (Å²) in [6.07, 6.45) is 6.49. The van der Waals surface area contributed by atoms with Gasteiger partial charge in [-0.3, -0.25) is 4.90 Å². The van der Waals surface area contributed by atoms with Gasteiger partial charge >= 0.3 is 0 Å². The molecule has 0 amide bonds. The van der Waals surface area contributed by atoms with Gasteiger partial charge < -0.3 is 10.5 Å². The molecule has 1 fully saturated rings. The van der Waals surface area contributed by atoms with Crippen molar-refractivity contribution >= 4 is 5.82 Å². The average molecular weight is 250 g/mol. The zero-order chi connectivity index (χ0) is 12.8. The van der Waals surface area contributed by atoms with Crippen LogP contribution >= 0.6 is 0 Å². The van der Waals surface area contributed by atoms with E-state index >= 15 is 0 Å². The van der Waals surface area contributed by atoms with Crippen molar-refractivity contribution in [2.24, 2.45) is 5.84 Å². The molecule has 0 aromatic carbocycles. The highest BCUT2D eigenvalue weighted by Gasteiger charge is 2.24. The van der Waals surface area contributed by atoms with Gasteiger partial charge in [0.15, 0.2) is 0 Å². The number of nitrogens with two attached hydrogens (primary N) is 1. The molecule has 0 aliphatic heterocycles. The second-order valence-electron chi connectivity index (χ2n) is 4.83. The largest absolute Gasteiger partial charge is 0.396 e. The fourth-order valence-corrected chi connectivity index (χ4v) is 2.30. The number of aromatic nitrogens is 1. The van der Waals surface area contributed by atoms with Crippen molar-refractivity contribution < 1.29 is 5.11 Å². The van der Waals surface area contributed by atoms with Crippen molar-refractivity contribution in [1.29, 1.82) is 0 Å². The van der Waals surface area contributed by atoms with Crippen LogP contribution in [-0.4, -0.2) is 34.2 Å². The lowest BCUT2D eigenvalue weighted by molar-refractivity contribution is 0.109. The van der Waals surface area contributed by atoms with Crippen molar-refractivity contribution in [3.05, 3.63) is 23.9 Å². The Kier molecular flexibility index (Phi) is 4.92. The Bertz CT molecular complexity index is 368. The van der Waals surface area contributed by atoms with Crippen molar-refractivity contribution in [1.82, 2.24) is 9.88 Å². The highest BCUT2D eigenvalue weighted by molar-refractivity contribution is 5.35. The molecule has 0 unspecified atom stereocenters. The van der Waals surface area contributed by atoms with Gasteiger partial charge in [0.25, 0.3) is 0 Å². The van der Waals surface area contributed by atoms with Crippen LogP contribution in [0.3, 0.4) is 0 Å². The van der Waals surface area contributed by atoms with E-state index in [1.54, 1.807) is 6.20 Å². The molecule has 0 spiro atoms. The quantitative estimate of drug-likeness (QED) is 0.499. The third-order valence-electron chi connectivity index (χ3n) is 3.55. The molecular weight excluding hydrogens is 228 g/mol. The number of nitrogens with zero attached hydrogens (tertiary/aromatic N) is 2. The summed E-state index contributed by atoms with van der Waals surface area (Å²) in [5, 5.41) is 8.97. The van der Waals surface area contributed by atoms with E-state index in [0.717, 1.165) is 19.5 Å². The second kappa shape index (κ2) is 6.68. The van der Waals surface area contributed by atoms with Gasteiger partial charge in [0.1, 0.15) is 5.82 Å². The topological polar surface area (TPSA) is 74.4 Å². The number of hydrazine groups is 1. The van der Waals surface area contributed by atoms with E-state index in [1.165, 1.54) is 24.8 Å². The maximum atomic E-state index is 8.97. The van der Waals surface area contributed by atoms with Crippen molar-refractivity contribution in [3.63, 3.8) is 0 Å². The van der Waals surface area contributed by atoms with Crippen LogP contribution in [-0.2, 0) is 6.54 Å². The number of hydrogen-bond acceptors (Lipinski definition) is 5. The van der Waals surface area contributed by atoms with Crippen LogP contribution < -0.4 is 11.3 Å². The van der Waals surface area contributed by atoms with E-state index in [0.29, 0.717) is 11.9 Å². The predicted molar refractivity (Wildman–Crippen MR) is 71.8 cm³/mol. The molecule has 1 aliphatic rings. The first-order valence-electron chi connectivity index (χ1n) is 6.60. The smallest absolute Gasteiger partial charge is 0.140 e. The third-order valence-corrected chi connectivity index (χ3v) is 3.55. The molecular formula is C13H22N4O. The summed E-state index contributed by atoms with van der Waals surface area (Å²) in [5.74, 6) is 6.07. The maximum Gasteiger partial charge on any atom is 0.140 e. The molecule has 1 aromatic heterocycles. The van der Waals surface area contributed by atoms with E-state index in [2.05, 4.69) is 15.3 Å². The first kappa shape index (κ1) is 13.3. The highest BCUT2D eigenvalue weighted by Crippen LogP contribution is 2.26. The molecule has 5 nitrogen and oxygen atoms in total. The number of nitrogen functional groups attached to an aromatic ring is 1. The molecule has 0 atom stereocenters. The molecule has 0 radical (unpaired) electrons. The summed E-state index contributed by atoms with van der Waals surface area (Å²) in [5.41, 5.74) is 3.78. The maximum absolute atomic E-state index is 8.97. The first-order chi connectivity index (χ1) is 8.83. The number of pyridine rings is 1. The standard InChI is InChI=1S/C13H22N4O/c14-16-13-9-11(5-6-15-13)10-17(7-2-8-18)12-3-1-4-12/h5-6,9,12,18H,1-4,7-8,10,14H2,(H,15,16). The number of aliphatic hydroxyl groups excluding tert-OH is 1. The van der Waals surface area contributed by atoms with E-state index in [9.17, 15) is 0 Å². The molecule has 18 heavy (non-hydrogen) atoms. The van der Waals surface area contributed by atoms with Crippen molar-refractivity contribution in [3.8, 4) is 0 Å². The van der Waals surface area contributed by atoms with Gasteiger partial charge in [0.05, 0.1) is 0 Å². The van der Waals surface area contributed by atoms with Crippen molar-refractivity contribution in [2.45, 2.75) is 38.3 Å². The Hall–Kier alpha value is -1.17. The summed E-state index contributed by atoms with van der Waals surface area (Å²) in [7, 11) is 0. The van der Waals surface area contributed by atoms with E-state index in [4.69, 9.17) is 10.9 Å². The average Bonchev–Trinajstić information content (AvgIpc) is 2.34. The lowest BCUT2D eigenvalue weighted by Gasteiger charge is -2.37. The first-order valence-corrected chi connectivity index (χ1v) is 6.60. The Morgan fingerprint density at radius 1 is 1.50 bits per heavy atom. The second-order valence-corrected chi connectivity index (χ2v) is 4.83. The van der Waals surface area contributed by atoms with Crippen LogP contribution in [0.2, 0.25) is 0 Å². The Morgan fingerprint density at radius 2 is 2.33 bits per heavy atom. The van der Waals surface area contributed by atoms with E-state index in [-0.39, 0.29) is 6.61 Å². The number of aliphatic hydroxyl groups is 1. The fraction of sp³-hybridized carbons (Fsp3) is 0.615. The predicted octanol–water partition coefficient (Wildman–Crippen LogP) is 1.10. The molecule has 1 heterocycles. The summed E-state index contributed by atoms with van der Waals surface area (Å²) >= 11 is 0. The lowest BCUT2D eigenvalue weighted by atomic mass is 9.91. The van der Waals surface area contributed by atoms with Gasteiger partial charge in [-0.15, -0.1) is 0 Å². The van der Waals surface area contributed by atoms with Crippen LogP contribution in [0, 0.1) is 0 Å². The summed E-state index contributed by atoms with van der Waals surface area (Å²) in [6.45, 7) is 2.12. The van der Waals surface area contributed by atoms with Crippen LogP contribution in [0.5, 0.6) is 0 Å². The Labute approximate surface area is 108 Å². The molecule has 1 aromatic rings. The van der Waals surface area contributed by atoms with Crippen LogP contribution in [0.25, 0.3) is 0 Å². The minimum atomic E-state index is 0.259. The molecule has 4 N–H and O–H groups in total. The minimum Gasteiger partial charge on any atom is -0.396 e. The van der Waals surface area contributed by atoms with Gasteiger partial charge in [-0.2, -0.15) is 0 Å². The van der Waals surface area contributed by atoms with Crippen molar-refractivity contribution in [2.75, 3.05) is 18.6 Å². The molecule has 5 heteroatoms. The SMILES string of the molecule is NNc1cc(CN(CCCO)C2CCC2)ccn1. The van der Waals surface area contributed by atoms with Crippen LogP contribution in [0.4, 0.5) is 5.82 Å². The fourth-order valence-electron chi connectivity index (χ4n) is 2.30. The zero-order valence-electron chi connectivity index (χ0n) is 10.7. The summed E-state index contributed by atoms with van der Waals surface area (Å²) < 4.78 is 0. The molecule has 1 saturated carbocycles. The zero-order valence-corrected chi connectivity index (χ0v) is 10.7. The Balaban J connectivity index is 1.97. The molecule has 0 bridgehead atoms. The molecule has 2 rings (SSSR count). The van der Waals surface area contributed by atoms with Gasteiger partial charge in [0.2, 0.25) is 0 Å². The van der Waals surface area contributed by atoms with Gasteiger partial charge in [-0.1, -0.05) is 6.42 Å². The summed E-state index contributed by atoms with van der Waals surface area (Å²) in [6, 6.07) is 4.68. The number of hydrogen-bond donors (Lipinski definition) is 3. The van der Waals surface area contributed by atoms with E-state index in [1.807, 2.05) is 12.1 Å². The molecule has 100 valence electrons. The minimum absolute atomic E-state index is 0.259. The monoisotopic (exact) mass is 250 g/mol. The highest BCUT2D eigenvalue weighted by atomic mass is 16.3. The van der Waals surface area contributed by atoms with Crippen LogP contribution in [0.1, 0.15) is 31.2 Å². The number of nitrogens with one attached hydrogen (secondary N) is 1. The van der Waals surface area contributed by atoms with Gasteiger partial charge in [-0.25, -0.2) is 10.8 Å².